The summed E-state index contributed by atoms with van der Waals surface area (Å²) < 4.78 is 0. The van der Waals surface area contributed by atoms with E-state index in [0.717, 1.165) is 19.3 Å². The van der Waals surface area contributed by atoms with Crippen LogP contribution < -0.4 is 0 Å². The highest BCUT2D eigenvalue weighted by molar-refractivity contribution is 5.79. The lowest BCUT2D eigenvalue weighted by atomic mass is 9.69. The Bertz CT molecular complexity index is 184. The van der Waals surface area contributed by atoms with Gasteiger partial charge in [-0.05, 0) is 32.6 Å². The highest BCUT2D eigenvalue weighted by atomic mass is 16.3. The Morgan fingerprint density at radius 1 is 1.58 bits per heavy atom. The number of carbonyl (C=O) groups excluding carboxylic acids is 1. The number of ketones is 1. The van der Waals surface area contributed by atoms with Gasteiger partial charge in [0.15, 0.2) is 0 Å². The third-order valence-corrected chi connectivity index (χ3v) is 3.02. The molecule has 0 heterocycles. The summed E-state index contributed by atoms with van der Waals surface area (Å²) in [7, 11) is 0. The standard InChI is InChI=1S/C10H18O2/c1-7-5-4-6-10(3,12)9(7)8(2)11/h7,9,12H,4-6H2,1-3H3/t7-,9-,10-/m0/s1. The molecule has 70 valence electrons. The molecule has 1 aliphatic carbocycles. The molecule has 1 saturated carbocycles. The van der Waals surface area contributed by atoms with Crippen LogP contribution in [0.3, 0.4) is 0 Å². The van der Waals surface area contributed by atoms with Crippen molar-refractivity contribution in [2.24, 2.45) is 11.8 Å². The summed E-state index contributed by atoms with van der Waals surface area (Å²) >= 11 is 0. The van der Waals surface area contributed by atoms with E-state index in [1.165, 1.54) is 0 Å². The van der Waals surface area contributed by atoms with Crippen molar-refractivity contribution in [1.82, 2.24) is 0 Å². The third kappa shape index (κ3) is 1.69. The van der Waals surface area contributed by atoms with Crippen LogP contribution in [0.15, 0.2) is 0 Å². The predicted molar refractivity (Wildman–Crippen MR) is 47.8 cm³/mol. The van der Waals surface area contributed by atoms with E-state index < -0.39 is 5.60 Å². The Morgan fingerprint density at radius 3 is 2.50 bits per heavy atom. The summed E-state index contributed by atoms with van der Waals surface area (Å²) in [4.78, 5) is 11.3. The van der Waals surface area contributed by atoms with Gasteiger partial charge in [-0.15, -0.1) is 0 Å². The summed E-state index contributed by atoms with van der Waals surface area (Å²) in [5.74, 6) is 0.324. The first-order valence-electron chi connectivity index (χ1n) is 4.68. The van der Waals surface area contributed by atoms with Gasteiger partial charge in [-0.25, -0.2) is 0 Å². The molecule has 1 N–H and O–H groups in total. The fraction of sp³-hybridized carbons (Fsp3) is 0.900. The maximum absolute atomic E-state index is 11.3. The molecule has 0 saturated heterocycles. The van der Waals surface area contributed by atoms with Gasteiger partial charge in [0, 0.05) is 5.92 Å². The van der Waals surface area contributed by atoms with E-state index in [-0.39, 0.29) is 11.7 Å². The molecule has 0 bridgehead atoms. The van der Waals surface area contributed by atoms with Gasteiger partial charge in [0.1, 0.15) is 5.78 Å². The van der Waals surface area contributed by atoms with E-state index in [9.17, 15) is 9.90 Å². The van der Waals surface area contributed by atoms with Gasteiger partial charge in [-0.1, -0.05) is 13.3 Å². The van der Waals surface area contributed by atoms with Crippen molar-refractivity contribution in [1.29, 1.82) is 0 Å². The molecule has 12 heavy (non-hydrogen) atoms. The lowest BCUT2D eigenvalue weighted by Crippen LogP contribution is -2.45. The summed E-state index contributed by atoms with van der Waals surface area (Å²) in [6, 6.07) is 0. The van der Waals surface area contributed by atoms with E-state index in [1.807, 2.05) is 0 Å². The second-order valence-electron chi connectivity index (χ2n) is 4.32. The molecule has 3 atom stereocenters. The molecule has 0 unspecified atom stereocenters. The molecule has 2 nitrogen and oxygen atoms in total. The monoisotopic (exact) mass is 170 g/mol. The topological polar surface area (TPSA) is 37.3 Å². The zero-order valence-corrected chi connectivity index (χ0v) is 8.13. The SMILES string of the molecule is CC(=O)[C@@H]1[C@@H](C)CCC[C@]1(C)O. The summed E-state index contributed by atoms with van der Waals surface area (Å²) in [5.41, 5.74) is -0.760. The summed E-state index contributed by atoms with van der Waals surface area (Å²) in [6.07, 6.45) is 2.87. The van der Waals surface area contributed by atoms with E-state index >= 15 is 0 Å². The molecule has 0 aromatic rings. The van der Waals surface area contributed by atoms with Crippen molar-refractivity contribution in [3.63, 3.8) is 0 Å². The van der Waals surface area contributed by atoms with Gasteiger partial charge in [0.2, 0.25) is 0 Å². The Labute approximate surface area is 74.0 Å². The van der Waals surface area contributed by atoms with E-state index in [4.69, 9.17) is 0 Å². The quantitative estimate of drug-likeness (QED) is 0.651. The molecular weight excluding hydrogens is 152 g/mol. The number of hydrogen-bond donors (Lipinski definition) is 1. The molecule has 1 rings (SSSR count). The number of Topliss-reactive ketones (excluding diaryl/α,β-unsaturated/α-hetero) is 1. The van der Waals surface area contributed by atoms with Crippen LogP contribution in [0, 0.1) is 11.8 Å². The molecule has 0 aromatic heterocycles. The second kappa shape index (κ2) is 3.17. The van der Waals surface area contributed by atoms with Gasteiger partial charge < -0.3 is 5.11 Å². The molecule has 0 amide bonds. The van der Waals surface area contributed by atoms with Crippen LogP contribution in [0.4, 0.5) is 0 Å². The average molecular weight is 170 g/mol. The van der Waals surface area contributed by atoms with E-state index in [1.54, 1.807) is 13.8 Å². The van der Waals surface area contributed by atoms with E-state index in [0.29, 0.717) is 5.92 Å². The van der Waals surface area contributed by atoms with Gasteiger partial charge in [-0.2, -0.15) is 0 Å². The fourth-order valence-electron chi connectivity index (χ4n) is 2.56. The zero-order valence-electron chi connectivity index (χ0n) is 8.13. The van der Waals surface area contributed by atoms with Crippen molar-refractivity contribution in [2.75, 3.05) is 0 Å². The molecule has 0 aliphatic heterocycles. The minimum absolute atomic E-state index is 0.132. The molecule has 0 spiro atoms. The largest absolute Gasteiger partial charge is 0.389 e. The number of carbonyl (C=O) groups is 1. The van der Waals surface area contributed by atoms with Crippen LogP contribution in [-0.4, -0.2) is 16.5 Å². The number of aliphatic hydroxyl groups is 1. The number of hydrogen-bond acceptors (Lipinski definition) is 2. The molecule has 0 radical (unpaired) electrons. The van der Waals surface area contributed by atoms with E-state index in [2.05, 4.69) is 6.92 Å². The van der Waals surface area contributed by atoms with Crippen LogP contribution in [0.25, 0.3) is 0 Å². The van der Waals surface area contributed by atoms with Crippen LogP contribution in [0.2, 0.25) is 0 Å². The van der Waals surface area contributed by atoms with Gasteiger partial charge in [0.25, 0.3) is 0 Å². The van der Waals surface area contributed by atoms with Gasteiger partial charge in [0.05, 0.1) is 5.60 Å². The summed E-state index contributed by atoms with van der Waals surface area (Å²) in [5, 5.41) is 9.95. The van der Waals surface area contributed by atoms with Crippen molar-refractivity contribution >= 4 is 5.78 Å². The normalized spacial score (nSPS) is 42.7. The Kier molecular flexibility index (Phi) is 2.57. The van der Waals surface area contributed by atoms with Crippen LogP contribution in [0.5, 0.6) is 0 Å². The summed E-state index contributed by atoms with van der Waals surface area (Å²) in [6.45, 7) is 5.43. The Morgan fingerprint density at radius 2 is 2.17 bits per heavy atom. The van der Waals surface area contributed by atoms with Crippen molar-refractivity contribution in [2.45, 2.75) is 45.6 Å². The maximum atomic E-state index is 11.3. The minimum atomic E-state index is -0.760. The predicted octanol–water partition coefficient (Wildman–Crippen LogP) is 1.76. The Balaban J connectivity index is 2.81. The maximum Gasteiger partial charge on any atom is 0.136 e. The van der Waals surface area contributed by atoms with Crippen LogP contribution in [-0.2, 0) is 4.79 Å². The molecule has 1 fully saturated rings. The first kappa shape index (κ1) is 9.72. The second-order valence-corrected chi connectivity index (χ2v) is 4.32. The van der Waals surface area contributed by atoms with Gasteiger partial charge in [-0.3, -0.25) is 4.79 Å². The molecule has 2 heteroatoms. The fourth-order valence-corrected chi connectivity index (χ4v) is 2.56. The highest BCUT2D eigenvalue weighted by Gasteiger charge is 2.41. The molecule has 0 aromatic carbocycles. The molecule has 1 aliphatic rings. The zero-order chi connectivity index (χ0) is 9.35. The van der Waals surface area contributed by atoms with Crippen molar-refractivity contribution in [3.8, 4) is 0 Å². The van der Waals surface area contributed by atoms with Crippen LogP contribution >= 0.6 is 0 Å². The smallest absolute Gasteiger partial charge is 0.136 e. The average Bonchev–Trinajstić information content (AvgIpc) is 1.82. The first-order chi connectivity index (χ1) is 5.45. The molecular formula is C10H18O2. The minimum Gasteiger partial charge on any atom is -0.389 e. The number of rotatable bonds is 1. The van der Waals surface area contributed by atoms with Crippen LogP contribution in [0.1, 0.15) is 40.0 Å². The van der Waals surface area contributed by atoms with Crippen molar-refractivity contribution in [3.05, 3.63) is 0 Å². The van der Waals surface area contributed by atoms with Crippen molar-refractivity contribution < 1.29 is 9.90 Å². The Hall–Kier alpha value is -0.370. The first-order valence-corrected chi connectivity index (χ1v) is 4.68. The lowest BCUT2D eigenvalue weighted by Gasteiger charge is -2.39. The van der Waals surface area contributed by atoms with Gasteiger partial charge >= 0.3 is 0 Å². The highest BCUT2D eigenvalue weighted by Crippen LogP contribution is 2.37. The lowest BCUT2D eigenvalue weighted by molar-refractivity contribution is -0.136. The third-order valence-electron chi connectivity index (χ3n) is 3.02.